The number of benzene rings is 1. The van der Waals surface area contributed by atoms with E-state index in [1.54, 1.807) is 0 Å². The highest BCUT2D eigenvalue weighted by atomic mass is 16.5. The molecule has 0 amide bonds. The SMILES string of the molecule is Cc1cccc(OCCCNC2(C)CCNC2)c1. The Bertz CT molecular complexity index is 373. The van der Waals surface area contributed by atoms with Crippen LogP contribution in [0.5, 0.6) is 5.75 Å². The van der Waals surface area contributed by atoms with Crippen molar-refractivity contribution >= 4 is 0 Å². The van der Waals surface area contributed by atoms with Crippen molar-refractivity contribution in [2.75, 3.05) is 26.2 Å². The highest BCUT2D eigenvalue weighted by Gasteiger charge is 2.26. The van der Waals surface area contributed by atoms with Gasteiger partial charge in [-0.2, -0.15) is 0 Å². The van der Waals surface area contributed by atoms with Gasteiger partial charge in [-0.3, -0.25) is 0 Å². The predicted octanol–water partition coefficient (Wildman–Crippen LogP) is 2.11. The zero-order valence-corrected chi connectivity index (χ0v) is 11.5. The summed E-state index contributed by atoms with van der Waals surface area (Å²) >= 11 is 0. The third kappa shape index (κ3) is 4.00. The fourth-order valence-electron chi connectivity index (χ4n) is 2.33. The maximum atomic E-state index is 5.73. The van der Waals surface area contributed by atoms with E-state index in [1.807, 2.05) is 12.1 Å². The number of ether oxygens (including phenoxy) is 1. The van der Waals surface area contributed by atoms with Gasteiger partial charge < -0.3 is 15.4 Å². The van der Waals surface area contributed by atoms with E-state index >= 15 is 0 Å². The van der Waals surface area contributed by atoms with Crippen molar-refractivity contribution in [1.82, 2.24) is 10.6 Å². The quantitative estimate of drug-likeness (QED) is 0.756. The highest BCUT2D eigenvalue weighted by Crippen LogP contribution is 2.14. The Morgan fingerprint density at radius 2 is 2.33 bits per heavy atom. The van der Waals surface area contributed by atoms with E-state index in [1.165, 1.54) is 12.0 Å². The summed E-state index contributed by atoms with van der Waals surface area (Å²) in [4.78, 5) is 0. The van der Waals surface area contributed by atoms with Crippen LogP contribution in [-0.4, -0.2) is 31.8 Å². The minimum absolute atomic E-state index is 0.281. The Hall–Kier alpha value is -1.06. The summed E-state index contributed by atoms with van der Waals surface area (Å²) in [6.07, 6.45) is 2.26. The molecule has 100 valence electrons. The van der Waals surface area contributed by atoms with Crippen LogP contribution in [0, 0.1) is 6.92 Å². The number of hydrogen-bond donors (Lipinski definition) is 2. The lowest BCUT2D eigenvalue weighted by Crippen LogP contribution is -2.44. The summed E-state index contributed by atoms with van der Waals surface area (Å²) < 4.78 is 5.73. The molecule has 1 aliphatic heterocycles. The van der Waals surface area contributed by atoms with E-state index in [2.05, 4.69) is 36.6 Å². The molecular weight excluding hydrogens is 224 g/mol. The summed E-state index contributed by atoms with van der Waals surface area (Å²) in [6, 6.07) is 8.22. The molecule has 1 unspecified atom stereocenters. The number of hydrogen-bond acceptors (Lipinski definition) is 3. The molecule has 1 heterocycles. The minimum Gasteiger partial charge on any atom is -0.494 e. The molecule has 1 aromatic carbocycles. The van der Waals surface area contributed by atoms with Gasteiger partial charge >= 0.3 is 0 Å². The van der Waals surface area contributed by atoms with Crippen molar-refractivity contribution in [3.63, 3.8) is 0 Å². The van der Waals surface area contributed by atoms with Gasteiger partial charge in [0.15, 0.2) is 0 Å². The molecule has 2 rings (SSSR count). The molecule has 1 atom stereocenters. The third-order valence-corrected chi connectivity index (χ3v) is 3.50. The summed E-state index contributed by atoms with van der Waals surface area (Å²) in [7, 11) is 0. The fourth-order valence-corrected chi connectivity index (χ4v) is 2.33. The Morgan fingerprint density at radius 1 is 1.44 bits per heavy atom. The molecule has 0 aromatic heterocycles. The molecule has 2 N–H and O–H groups in total. The predicted molar refractivity (Wildman–Crippen MR) is 75.2 cm³/mol. The van der Waals surface area contributed by atoms with Crippen LogP contribution in [0.3, 0.4) is 0 Å². The molecule has 0 bridgehead atoms. The van der Waals surface area contributed by atoms with Crippen molar-refractivity contribution in [3.8, 4) is 5.75 Å². The van der Waals surface area contributed by atoms with Gasteiger partial charge in [0.1, 0.15) is 5.75 Å². The molecule has 0 saturated carbocycles. The fraction of sp³-hybridized carbons (Fsp3) is 0.600. The zero-order chi connectivity index (χ0) is 12.8. The van der Waals surface area contributed by atoms with E-state index in [-0.39, 0.29) is 5.54 Å². The Labute approximate surface area is 110 Å². The van der Waals surface area contributed by atoms with Crippen LogP contribution in [0.2, 0.25) is 0 Å². The molecule has 0 aliphatic carbocycles. The standard InChI is InChI=1S/C15H24N2O/c1-13-5-3-6-14(11-13)18-10-4-8-17-15(2)7-9-16-12-15/h3,5-6,11,16-17H,4,7-10,12H2,1-2H3. The van der Waals surface area contributed by atoms with Gasteiger partial charge in [-0.1, -0.05) is 12.1 Å². The average Bonchev–Trinajstić information content (AvgIpc) is 2.76. The minimum atomic E-state index is 0.281. The molecular formula is C15H24N2O. The maximum absolute atomic E-state index is 5.73. The first-order chi connectivity index (χ1) is 8.68. The lowest BCUT2D eigenvalue weighted by atomic mass is 10.0. The van der Waals surface area contributed by atoms with Gasteiger partial charge in [0.05, 0.1) is 6.61 Å². The van der Waals surface area contributed by atoms with Gasteiger partial charge in [-0.25, -0.2) is 0 Å². The molecule has 1 fully saturated rings. The van der Waals surface area contributed by atoms with Crippen molar-refractivity contribution < 1.29 is 4.74 Å². The lowest BCUT2D eigenvalue weighted by Gasteiger charge is -2.24. The molecule has 1 aliphatic rings. The van der Waals surface area contributed by atoms with Gasteiger partial charge in [-0.05, 0) is 57.5 Å². The first kappa shape index (κ1) is 13.4. The first-order valence-corrected chi connectivity index (χ1v) is 6.83. The number of aryl methyl sites for hydroxylation is 1. The number of rotatable bonds is 6. The molecule has 3 heteroatoms. The van der Waals surface area contributed by atoms with Gasteiger partial charge in [0.25, 0.3) is 0 Å². The Morgan fingerprint density at radius 3 is 3.06 bits per heavy atom. The third-order valence-electron chi connectivity index (χ3n) is 3.50. The van der Waals surface area contributed by atoms with E-state index in [9.17, 15) is 0 Å². The molecule has 0 radical (unpaired) electrons. The monoisotopic (exact) mass is 248 g/mol. The van der Waals surface area contributed by atoms with E-state index in [4.69, 9.17) is 4.74 Å². The molecule has 1 saturated heterocycles. The topological polar surface area (TPSA) is 33.3 Å². The average molecular weight is 248 g/mol. The largest absolute Gasteiger partial charge is 0.494 e. The Kier molecular flexibility index (Phi) is 4.61. The van der Waals surface area contributed by atoms with Crippen molar-refractivity contribution in [2.45, 2.75) is 32.2 Å². The highest BCUT2D eigenvalue weighted by molar-refractivity contribution is 5.27. The second-order valence-corrected chi connectivity index (χ2v) is 5.43. The first-order valence-electron chi connectivity index (χ1n) is 6.83. The van der Waals surface area contributed by atoms with Crippen LogP contribution in [0.1, 0.15) is 25.3 Å². The van der Waals surface area contributed by atoms with Crippen molar-refractivity contribution in [3.05, 3.63) is 29.8 Å². The normalized spacial score (nSPS) is 23.2. The lowest BCUT2D eigenvalue weighted by molar-refractivity contribution is 0.294. The second-order valence-electron chi connectivity index (χ2n) is 5.43. The summed E-state index contributed by atoms with van der Waals surface area (Å²) in [5.41, 5.74) is 1.53. The Balaban J connectivity index is 1.61. The van der Waals surface area contributed by atoms with Gasteiger partial charge in [0, 0.05) is 12.1 Å². The molecule has 18 heavy (non-hydrogen) atoms. The van der Waals surface area contributed by atoms with E-state index in [0.717, 1.165) is 38.4 Å². The summed E-state index contributed by atoms with van der Waals surface area (Å²) in [5.74, 6) is 0.976. The van der Waals surface area contributed by atoms with Gasteiger partial charge in [0.2, 0.25) is 0 Å². The van der Waals surface area contributed by atoms with Crippen LogP contribution >= 0.6 is 0 Å². The molecule has 1 aromatic rings. The van der Waals surface area contributed by atoms with Crippen LogP contribution in [0.25, 0.3) is 0 Å². The molecule has 3 nitrogen and oxygen atoms in total. The smallest absolute Gasteiger partial charge is 0.119 e. The number of nitrogens with one attached hydrogen (secondary N) is 2. The van der Waals surface area contributed by atoms with Crippen molar-refractivity contribution in [1.29, 1.82) is 0 Å². The van der Waals surface area contributed by atoms with Crippen molar-refractivity contribution in [2.24, 2.45) is 0 Å². The van der Waals surface area contributed by atoms with Crippen LogP contribution in [-0.2, 0) is 0 Å². The van der Waals surface area contributed by atoms with Crippen LogP contribution < -0.4 is 15.4 Å². The van der Waals surface area contributed by atoms with E-state index in [0.29, 0.717) is 0 Å². The summed E-state index contributed by atoms with van der Waals surface area (Å²) in [6.45, 7) is 8.37. The summed E-state index contributed by atoms with van der Waals surface area (Å²) in [5, 5.41) is 7.01. The van der Waals surface area contributed by atoms with E-state index < -0.39 is 0 Å². The van der Waals surface area contributed by atoms with Gasteiger partial charge in [-0.15, -0.1) is 0 Å². The maximum Gasteiger partial charge on any atom is 0.119 e. The second kappa shape index (κ2) is 6.21. The van der Waals surface area contributed by atoms with Crippen LogP contribution in [0.15, 0.2) is 24.3 Å². The van der Waals surface area contributed by atoms with Crippen LogP contribution in [0.4, 0.5) is 0 Å². The zero-order valence-electron chi connectivity index (χ0n) is 11.5. The molecule has 0 spiro atoms.